The maximum atomic E-state index is 13.9. The van der Waals surface area contributed by atoms with Gasteiger partial charge in [0.05, 0.1) is 30.2 Å². The van der Waals surface area contributed by atoms with Gasteiger partial charge in [-0.25, -0.2) is 8.42 Å². The number of fused-ring (bicyclic) bond motifs is 1. The molecule has 0 radical (unpaired) electrons. The Labute approximate surface area is 268 Å². The van der Waals surface area contributed by atoms with Crippen molar-refractivity contribution >= 4 is 21.8 Å². The van der Waals surface area contributed by atoms with Crippen LogP contribution in [0.4, 0.5) is 0 Å². The number of hydrogen-bond acceptors (Lipinski definition) is 7. The van der Waals surface area contributed by atoms with Crippen molar-refractivity contribution in [2.24, 2.45) is 11.3 Å². The molecule has 0 saturated carbocycles. The smallest absolute Gasteiger partial charge is 0.243 e. The quantitative estimate of drug-likeness (QED) is 0.289. The van der Waals surface area contributed by atoms with E-state index in [1.54, 1.807) is 18.2 Å². The Morgan fingerprint density at radius 3 is 2.36 bits per heavy atom. The minimum Gasteiger partial charge on any atom is -0.493 e. The van der Waals surface area contributed by atoms with Crippen LogP contribution in [0, 0.1) is 11.3 Å². The second-order valence-corrected chi connectivity index (χ2v) is 15.7. The third kappa shape index (κ3) is 9.51. The van der Waals surface area contributed by atoms with Crippen molar-refractivity contribution in [2.45, 2.75) is 83.4 Å². The number of nitrogens with one attached hydrogen (secondary N) is 2. The van der Waals surface area contributed by atoms with Crippen molar-refractivity contribution in [1.29, 1.82) is 0 Å². The van der Waals surface area contributed by atoms with E-state index >= 15 is 0 Å². The first-order valence-corrected chi connectivity index (χ1v) is 17.5. The van der Waals surface area contributed by atoms with Crippen LogP contribution in [-0.4, -0.2) is 92.1 Å². The Morgan fingerprint density at radius 1 is 1.02 bits per heavy atom. The number of ether oxygens (including phenoxy) is 1. The van der Waals surface area contributed by atoms with Crippen LogP contribution >= 0.6 is 0 Å². The highest BCUT2D eigenvalue weighted by Crippen LogP contribution is 2.29. The number of carbonyl (C=O) groups excluding carboxylic acids is 2. The first-order chi connectivity index (χ1) is 21.2. The lowest BCUT2D eigenvalue weighted by Gasteiger charge is -2.35. The molecule has 0 aromatic heterocycles. The van der Waals surface area contributed by atoms with Crippen LogP contribution in [0.15, 0.2) is 53.4 Å². The first kappa shape index (κ1) is 34.9. The van der Waals surface area contributed by atoms with Crippen molar-refractivity contribution in [1.82, 2.24) is 19.8 Å². The molecule has 0 unspecified atom stereocenters. The molecule has 3 atom stereocenters. The Hall–Kier alpha value is -2.99. The van der Waals surface area contributed by atoms with Crippen LogP contribution < -0.4 is 15.4 Å². The average Bonchev–Trinajstić information content (AvgIpc) is 3.66. The first-order valence-electron chi connectivity index (χ1n) is 16.0. The van der Waals surface area contributed by atoms with Crippen LogP contribution in [0.5, 0.6) is 5.75 Å². The maximum Gasteiger partial charge on any atom is 0.243 e. The van der Waals surface area contributed by atoms with Gasteiger partial charge in [0, 0.05) is 19.5 Å². The molecule has 45 heavy (non-hydrogen) atoms. The van der Waals surface area contributed by atoms with E-state index in [0.29, 0.717) is 18.8 Å². The van der Waals surface area contributed by atoms with Crippen LogP contribution in [0.1, 0.15) is 58.6 Å². The van der Waals surface area contributed by atoms with Gasteiger partial charge < -0.3 is 20.5 Å². The van der Waals surface area contributed by atoms with Gasteiger partial charge in [0.1, 0.15) is 11.8 Å². The van der Waals surface area contributed by atoms with E-state index in [0.717, 1.165) is 37.1 Å². The summed E-state index contributed by atoms with van der Waals surface area (Å²) in [5.74, 6) is 0.0363. The molecule has 1 fully saturated rings. The predicted molar refractivity (Wildman–Crippen MR) is 174 cm³/mol. The van der Waals surface area contributed by atoms with E-state index in [-0.39, 0.29) is 42.8 Å². The predicted octanol–water partition coefficient (Wildman–Crippen LogP) is 2.98. The summed E-state index contributed by atoms with van der Waals surface area (Å²) in [6.45, 7) is 11.9. The minimum absolute atomic E-state index is 0.0111. The van der Waals surface area contributed by atoms with Crippen molar-refractivity contribution in [3.05, 3.63) is 59.7 Å². The highest BCUT2D eigenvalue weighted by atomic mass is 32.2. The van der Waals surface area contributed by atoms with Gasteiger partial charge >= 0.3 is 0 Å². The molecule has 3 N–H and O–H groups in total. The molecule has 2 aliphatic heterocycles. The second kappa shape index (κ2) is 15.1. The molecule has 0 bridgehead atoms. The number of hydrogen-bond donors (Lipinski definition) is 3. The lowest BCUT2D eigenvalue weighted by atomic mass is 9.85. The minimum atomic E-state index is -3.97. The average molecular weight is 643 g/mol. The molecule has 2 aromatic carbocycles. The summed E-state index contributed by atoms with van der Waals surface area (Å²) >= 11 is 0. The summed E-state index contributed by atoms with van der Waals surface area (Å²) < 4.78 is 34.8. The molecule has 2 amide bonds. The molecule has 2 aromatic rings. The fourth-order valence-corrected chi connectivity index (χ4v) is 7.60. The SMILES string of the molecule is CC(C)CN(C[C@@H](O)[C@H](Cc1ccccc1)NC(=O)[C@@H](NC(=O)CN1CCCC1)C(C)(C)C)S(=O)(=O)c1ccc2c(c1)CCO2. The number of aliphatic hydroxyl groups is 1. The molecule has 10 nitrogen and oxygen atoms in total. The van der Waals surface area contributed by atoms with Crippen molar-refractivity contribution < 1.29 is 27.9 Å². The van der Waals surface area contributed by atoms with Crippen LogP contribution in [0.2, 0.25) is 0 Å². The van der Waals surface area contributed by atoms with E-state index < -0.39 is 39.5 Å². The Kier molecular flexibility index (Phi) is 11.7. The van der Waals surface area contributed by atoms with E-state index in [4.69, 9.17) is 4.74 Å². The zero-order chi connectivity index (χ0) is 32.8. The number of aliphatic hydroxyl groups excluding tert-OH is 1. The van der Waals surface area contributed by atoms with Gasteiger partial charge in [-0.05, 0) is 73.0 Å². The van der Waals surface area contributed by atoms with Crippen LogP contribution in [0.25, 0.3) is 0 Å². The lowest BCUT2D eigenvalue weighted by molar-refractivity contribution is -0.133. The third-order valence-electron chi connectivity index (χ3n) is 8.35. The highest BCUT2D eigenvalue weighted by Gasteiger charge is 2.37. The summed E-state index contributed by atoms with van der Waals surface area (Å²) in [5, 5.41) is 17.6. The molecule has 11 heteroatoms. The van der Waals surface area contributed by atoms with Gasteiger partial charge in [-0.3, -0.25) is 14.5 Å². The van der Waals surface area contributed by atoms with Crippen LogP contribution in [-0.2, 0) is 32.5 Å². The number of sulfonamides is 1. The molecule has 0 aliphatic carbocycles. The van der Waals surface area contributed by atoms with Gasteiger partial charge in [-0.1, -0.05) is 65.0 Å². The van der Waals surface area contributed by atoms with Crippen molar-refractivity contribution in [3.8, 4) is 5.75 Å². The molecular weight excluding hydrogens is 592 g/mol. The van der Waals surface area contributed by atoms with Gasteiger partial charge in [0.25, 0.3) is 0 Å². The summed E-state index contributed by atoms with van der Waals surface area (Å²) in [4.78, 5) is 29.1. The molecule has 4 rings (SSSR count). The van der Waals surface area contributed by atoms with Crippen molar-refractivity contribution in [3.63, 3.8) is 0 Å². The number of carbonyl (C=O) groups is 2. The molecule has 2 aliphatic rings. The summed E-state index contributed by atoms with van der Waals surface area (Å²) in [6, 6.07) is 12.6. The largest absolute Gasteiger partial charge is 0.493 e. The maximum absolute atomic E-state index is 13.9. The number of amides is 2. The molecule has 1 saturated heterocycles. The summed E-state index contributed by atoms with van der Waals surface area (Å²) in [5.41, 5.74) is 1.11. The Morgan fingerprint density at radius 2 is 1.71 bits per heavy atom. The Balaban J connectivity index is 1.56. The lowest BCUT2D eigenvalue weighted by Crippen LogP contribution is -2.59. The standard InChI is InChI=1S/C34H50N4O6S/c1-24(2)21-38(45(42,43)27-13-14-30-26(20-27)15-18-44-30)22-29(39)28(19-25-11-7-6-8-12-25)35-33(41)32(34(3,4)5)36-31(40)23-37-16-9-10-17-37/h6-8,11-14,20,24,28-29,32,39H,9-10,15-19,21-23H2,1-5H3,(H,35,41)(H,36,40)/t28-,29+,32+/m0/s1. The van der Waals surface area contributed by atoms with Crippen LogP contribution in [0.3, 0.4) is 0 Å². The number of rotatable bonds is 14. The normalized spacial score (nSPS) is 17.5. The van der Waals surface area contributed by atoms with Gasteiger partial charge in [-0.2, -0.15) is 4.31 Å². The number of nitrogens with zero attached hydrogens (tertiary/aromatic N) is 2. The topological polar surface area (TPSA) is 128 Å². The molecule has 0 spiro atoms. The van der Waals surface area contributed by atoms with Gasteiger partial charge in [0.2, 0.25) is 21.8 Å². The summed E-state index contributed by atoms with van der Waals surface area (Å²) in [7, 11) is -3.97. The van der Waals surface area contributed by atoms with E-state index in [9.17, 15) is 23.1 Å². The molecular formula is C34H50N4O6S. The zero-order valence-electron chi connectivity index (χ0n) is 27.3. The Bertz CT molecular complexity index is 1400. The van der Waals surface area contributed by atoms with Gasteiger partial charge in [0.15, 0.2) is 0 Å². The molecule has 2 heterocycles. The third-order valence-corrected chi connectivity index (χ3v) is 10.2. The number of likely N-dealkylation sites (tertiary alicyclic amines) is 1. The fourth-order valence-electron chi connectivity index (χ4n) is 5.93. The zero-order valence-corrected chi connectivity index (χ0v) is 28.1. The van der Waals surface area contributed by atoms with E-state index in [1.165, 1.54) is 4.31 Å². The molecule has 248 valence electrons. The highest BCUT2D eigenvalue weighted by molar-refractivity contribution is 7.89. The fraction of sp³-hybridized carbons (Fsp3) is 0.588. The number of benzene rings is 2. The van der Waals surface area contributed by atoms with E-state index in [1.807, 2.05) is 65.0 Å². The van der Waals surface area contributed by atoms with Gasteiger partial charge in [-0.15, -0.1) is 0 Å². The van der Waals surface area contributed by atoms with E-state index in [2.05, 4.69) is 15.5 Å². The summed E-state index contributed by atoms with van der Waals surface area (Å²) in [6.07, 6.45) is 1.79. The monoisotopic (exact) mass is 642 g/mol. The van der Waals surface area contributed by atoms with Crippen molar-refractivity contribution in [2.75, 3.05) is 39.3 Å². The second-order valence-electron chi connectivity index (χ2n) is 13.8.